The molecule has 0 unspecified atom stereocenters. The number of amides is 1. The van der Waals surface area contributed by atoms with Crippen molar-refractivity contribution in [1.82, 2.24) is 4.31 Å². The van der Waals surface area contributed by atoms with Crippen LogP contribution in [0.1, 0.15) is 31.1 Å². The van der Waals surface area contributed by atoms with E-state index in [0.29, 0.717) is 30.5 Å². The van der Waals surface area contributed by atoms with Gasteiger partial charge in [0.25, 0.3) is 5.91 Å². The second-order valence-corrected chi connectivity index (χ2v) is 8.54. The maximum absolute atomic E-state index is 12.8. The van der Waals surface area contributed by atoms with Crippen LogP contribution in [0.4, 0.5) is 5.69 Å². The van der Waals surface area contributed by atoms with E-state index in [1.165, 1.54) is 34.6 Å². The Balaban J connectivity index is 2.46. The lowest BCUT2D eigenvalue weighted by Gasteiger charge is -2.20. The standard InChI is InChI=1S/C19H22Cl2N2O4S/c1-4-23(5-2)28(25,26)14-8-10-18(27-6-3)17(12-14)22-19(24)15-11-13(20)7-9-16(15)21/h7-12H,4-6H2,1-3H3,(H,22,24). The van der Waals surface area contributed by atoms with Gasteiger partial charge in [0, 0.05) is 18.1 Å². The summed E-state index contributed by atoms with van der Waals surface area (Å²) in [7, 11) is -3.69. The van der Waals surface area contributed by atoms with Gasteiger partial charge in [-0.2, -0.15) is 4.31 Å². The number of rotatable bonds is 8. The first kappa shape index (κ1) is 22.5. The summed E-state index contributed by atoms with van der Waals surface area (Å²) in [6.07, 6.45) is 0. The molecular formula is C19H22Cl2N2O4S. The van der Waals surface area contributed by atoms with E-state index >= 15 is 0 Å². The summed E-state index contributed by atoms with van der Waals surface area (Å²) in [5.41, 5.74) is 0.407. The third kappa shape index (κ3) is 4.97. The Labute approximate surface area is 175 Å². The molecule has 0 aromatic heterocycles. The second-order valence-electron chi connectivity index (χ2n) is 5.76. The predicted octanol–water partition coefficient (Wildman–Crippen LogP) is 4.67. The number of halogens is 2. The van der Waals surface area contributed by atoms with Crippen molar-refractivity contribution in [2.24, 2.45) is 0 Å². The monoisotopic (exact) mass is 444 g/mol. The highest BCUT2D eigenvalue weighted by Crippen LogP contribution is 2.30. The summed E-state index contributed by atoms with van der Waals surface area (Å²) in [6.45, 7) is 6.35. The van der Waals surface area contributed by atoms with E-state index in [2.05, 4.69) is 5.32 Å². The van der Waals surface area contributed by atoms with E-state index in [-0.39, 0.29) is 21.2 Å². The Morgan fingerprint density at radius 1 is 1.07 bits per heavy atom. The average Bonchev–Trinajstić information content (AvgIpc) is 2.65. The van der Waals surface area contributed by atoms with Gasteiger partial charge in [-0.05, 0) is 43.3 Å². The van der Waals surface area contributed by atoms with Crippen LogP contribution in [-0.4, -0.2) is 38.3 Å². The molecule has 0 atom stereocenters. The Hall–Kier alpha value is -1.80. The van der Waals surface area contributed by atoms with Gasteiger partial charge < -0.3 is 10.1 Å². The van der Waals surface area contributed by atoms with Crippen molar-refractivity contribution in [2.75, 3.05) is 25.0 Å². The van der Waals surface area contributed by atoms with Crippen LogP contribution in [0.3, 0.4) is 0 Å². The fourth-order valence-corrected chi connectivity index (χ4v) is 4.48. The Kier molecular flexibility index (Phi) is 7.71. The smallest absolute Gasteiger partial charge is 0.257 e. The van der Waals surface area contributed by atoms with Crippen molar-refractivity contribution in [3.05, 3.63) is 52.0 Å². The number of carbonyl (C=O) groups excluding carboxylic acids is 1. The fraction of sp³-hybridized carbons (Fsp3) is 0.316. The number of hydrogen-bond donors (Lipinski definition) is 1. The van der Waals surface area contributed by atoms with Gasteiger partial charge in [-0.1, -0.05) is 37.0 Å². The summed E-state index contributed by atoms with van der Waals surface area (Å²) in [5.74, 6) is -0.168. The first-order valence-electron chi connectivity index (χ1n) is 8.77. The molecule has 0 heterocycles. The minimum absolute atomic E-state index is 0.0622. The molecule has 2 aromatic carbocycles. The number of anilines is 1. The number of carbonyl (C=O) groups is 1. The van der Waals surface area contributed by atoms with E-state index < -0.39 is 15.9 Å². The minimum Gasteiger partial charge on any atom is -0.492 e. The summed E-state index contributed by atoms with van der Waals surface area (Å²) >= 11 is 12.0. The van der Waals surface area contributed by atoms with Gasteiger partial charge in [0.05, 0.1) is 27.8 Å². The summed E-state index contributed by atoms with van der Waals surface area (Å²) < 4.78 is 32.5. The molecule has 9 heteroatoms. The zero-order chi connectivity index (χ0) is 20.9. The highest BCUT2D eigenvalue weighted by Gasteiger charge is 2.24. The summed E-state index contributed by atoms with van der Waals surface area (Å²) in [6, 6.07) is 8.90. The van der Waals surface area contributed by atoms with Crippen LogP contribution in [0.15, 0.2) is 41.3 Å². The van der Waals surface area contributed by atoms with Crippen LogP contribution in [0.25, 0.3) is 0 Å². The summed E-state index contributed by atoms with van der Waals surface area (Å²) in [4.78, 5) is 12.7. The molecule has 2 rings (SSSR count). The second kappa shape index (κ2) is 9.60. The van der Waals surface area contributed by atoms with Crippen molar-refractivity contribution in [2.45, 2.75) is 25.7 Å². The lowest BCUT2D eigenvalue weighted by atomic mass is 10.2. The number of ether oxygens (including phenoxy) is 1. The van der Waals surface area contributed by atoms with Crippen molar-refractivity contribution in [1.29, 1.82) is 0 Å². The zero-order valence-electron chi connectivity index (χ0n) is 15.8. The Morgan fingerprint density at radius 2 is 1.75 bits per heavy atom. The van der Waals surface area contributed by atoms with Gasteiger partial charge in [0.2, 0.25) is 10.0 Å². The molecule has 1 N–H and O–H groups in total. The molecule has 0 aliphatic rings. The molecule has 0 fully saturated rings. The topological polar surface area (TPSA) is 75.7 Å². The number of benzene rings is 2. The number of nitrogens with zero attached hydrogens (tertiary/aromatic N) is 1. The van der Waals surface area contributed by atoms with E-state index in [9.17, 15) is 13.2 Å². The van der Waals surface area contributed by atoms with E-state index in [0.717, 1.165) is 0 Å². The predicted molar refractivity (Wildman–Crippen MR) is 112 cm³/mol. The molecule has 0 saturated carbocycles. The molecule has 28 heavy (non-hydrogen) atoms. The van der Waals surface area contributed by atoms with Gasteiger partial charge in [0.1, 0.15) is 5.75 Å². The van der Waals surface area contributed by atoms with Crippen molar-refractivity contribution >= 4 is 44.8 Å². The third-order valence-corrected chi connectivity index (χ3v) is 6.63. The Bertz CT molecular complexity index is 960. The third-order valence-electron chi connectivity index (χ3n) is 4.02. The zero-order valence-corrected chi connectivity index (χ0v) is 18.2. The molecule has 1 amide bonds. The minimum atomic E-state index is -3.69. The molecule has 0 aliphatic heterocycles. The maximum atomic E-state index is 12.8. The fourth-order valence-electron chi connectivity index (χ4n) is 2.62. The van der Waals surface area contributed by atoms with E-state index in [1.807, 2.05) is 0 Å². The molecule has 6 nitrogen and oxygen atoms in total. The van der Waals surface area contributed by atoms with Crippen LogP contribution in [0.2, 0.25) is 10.0 Å². The van der Waals surface area contributed by atoms with Crippen molar-refractivity contribution in [3.63, 3.8) is 0 Å². The van der Waals surface area contributed by atoms with Crippen LogP contribution in [0.5, 0.6) is 5.75 Å². The molecule has 0 saturated heterocycles. The van der Waals surface area contributed by atoms with Gasteiger partial charge in [-0.3, -0.25) is 4.79 Å². The molecule has 152 valence electrons. The van der Waals surface area contributed by atoms with Crippen molar-refractivity contribution in [3.8, 4) is 5.75 Å². The number of nitrogens with one attached hydrogen (secondary N) is 1. The number of hydrogen-bond acceptors (Lipinski definition) is 4. The van der Waals surface area contributed by atoms with Crippen LogP contribution in [-0.2, 0) is 10.0 Å². The lowest BCUT2D eigenvalue weighted by molar-refractivity contribution is 0.102. The normalized spacial score (nSPS) is 11.5. The number of sulfonamides is 1. The van der Waals surface area contributed by atoms with Gasteiger partial charge in [-0.25, -0.2) is 8.42 Å². The molecule has 0 aliphatic carbocycles. The van der Waals surface area contributed by atoms with Gasteiger partial charge >= 0.3 is 0 Å². The SMILES string of the molecule is CCOc1ccc(S(=O)(=O)N(CC)CC)cc1NC(=O)c1cc(Cl)ccc1Cl. The van der Waals surface area contributed by atoms with Crippen molar-refractivity contribution < 1.29 is 17.9 Å². The molecule has 0 radical (unpaired) electrons. The van der Waals surface area contributed by atoms with E-state index in [4.69, 9.17) is 27.9 Å². The largest absolute Gasteiger partial charge is 0.492 e. The molecular weight excluding hydrogens is 423 g/mol. The van der Waals surface area contributed by atoms with Crippen LogP contribution >= 0.6 is 23.2 Å². The molecule has 0 spiro atoms. The van der Waals surface area contributed by atoms with Crippen LogP contribution in [0, 0.1) is 0 Å². The first-order valence-corrected chi connectivity index (χ1v) is 11.0. The maximum Gasteiger partial charge on any atom is 0.257 e. The van der Waals surface area contributed by atoms with Gasteiger partial charge in [0.15, 0.2) is 0 Å². The highest BCUT2D eigenvalue weighted by atomic mass is 35.5. The quantitative estimate of drug-likeness (QED) is 0.641. The highest BCUT2D eigenvalue weighted by molar-refractivity contribution is 7.89. The summed E-state index contributed by atoms with van der Waals surface area (Å²) in [5, 5.41) is 3.26. The van der Waals surface area contributed by atoms with Gasteiger partial charge in [-0.15, -0.1) is 0 Å². The molecule has 2 aromatic rings. The van der Waals surface area contributed by atoms with Crippen LogP contribution < -0.4 is 10.1 Å². The Morgan fingerprint density at radius 3 is 2.36 bits per heavy atom. The first-order chi connectivity index (χ1) is 13.2. The molecule has 0 bridgehead atoms. The lowest BCUT2D eigenvalue weighted by Crippen LogP contribution is -2.30. The van der Waals surface area contributed by atoms with E-state index in [1.54, 1.807) is 26.8 Å². The average molecular weight is 445 g/mol.